The van der Waals surface area contributed by atoms with Crippen molar-refractivity contribution in [3.8, 4) is 0 Å². The van der Waals surface area contributed by atoms with Crippen LogP contribution in [0.25, 0.3) is 0 Å². The van der Waals surface area contributed by atoms with Crippen molar-refractivity contribution in [1.29, 1.82) is 0 Å². The molecule has 1 nitrogen and oxygen atoms in total. The van der Waals surface area contributed by atoms with Gasteiger partial charge in [0.05, 0.1) is 0 Å². The third-order valence-corrected chi connectivity index (χ3v) is 4.23. The molecule has 0 radical (unpaired) electrons. The molecule has 0 aliphatic heterocycles. The van der Waals surface area contributed by atoms with E-state index in [1.54, 1.807) is 0 Å². The minimum absolute atomic E-state index is 0.219. The van der Waals surface area contributed by atoms with E-state index in [9.17, 15) is 0 Å². The molecule has 1 atom stereocenters. The summed E-state index contributed by atoms with van der Waals surface area (Å²) in [6, 6.07) is 13.0. The van der Waals surface area contributed by atoms with E-state index in [0.29, 0.717) is 0 Å². The van der Waals surface area contributed by atoms with Crippen LogP contribution >= 0.6 is 27.5 Å². The molecule has 20 heavy (non-hydrogen) atoms. The lowest BCUT2D eigenvalue weighted by Gasteiger charge is -2.19. The molecule has 0 saturated heterocycles. The highest BCUT2D eigenvalue weighted by atomic mass is 79.9. The van der Waals surface area contributed by atoms with Gasteiger partial charge in [-0.1, -0.05) is 62.9 Å². The predicted octanol–water partition coefficient (Wildman–Crippen LogP) is 5.22. The minimum atomic E-state index is 0.219. The number of hydrogen-bond donors (Lipinski definition) is 1. The first-order valence-corrected chi connectivity index (χ1v) is 7.86. The quantitative estimate of drug-likeness (QED) is 0.795. The molecule has 0 fully saturated rings. The van der Waals surface area contributed by atoms with Crippen molar-refractivity contribution in [3.05, 3.63) is 68.1 Å². The summed E-state index contributed by atoms with van der Waals surface area (Å²) < 4.78 is 1.01. The van der Waals surface area contributed by atoms with Gasteiger partial charge < -0.3 is 5.32 Å². The number of aryl methyl sites for hydroxylation is 2. The van der Waals surface area contributed by atoms with E-state index in [0.717, 1.165) is 21.5 Å². The summed E-state index contributed by atoms with van der Waals surface area (Å²) in [6.07, 6.45) is 0.931. The van der Waals surface area contributed by atoms with E-state index < -0.39 is 0 Å². The summed E-state index contributed by atoms with van der Waals surface area (Å²) >= 11 is 9.81. The highest BCUT2D eigenvalue weighted by Gasteiger charge is 2.14. The lowest BCUT2D eigenvalue weighted by molar-refractivity contribution is 0.592. The van der Waals surface area contributed by atoms with Gasteiger partial charge in [-0.25, -0.2) is 0 Å². The molecule has 106 valence electrons. The zero-order chi connectivity index (χ0) is 14.7. The Labute approximate surface area is 134 Å². The van der Waals surface area contributed by atoms with Crippen molar-refractivity contribution < 1.29 is 0 Å². The summed E-state index contributed by atoms with van der Waals surface area (Å²) in [7, 11) is 1.98. The first-order chi connectivity index (χ1) is 9.49. The Morgan fingerprint density at radius 3 is 2.30 bits per heavy atom. The first kappa shape index (κ1) is 15.6. The Balaban J connectivity index is 2.28. The highest BCUT2D eigenvalue weighted by molar-refractivity contribution is 9.10. The van der Waals surface area contributed by atoms with Crippen molar-refractivity contribution in [1.82, 2.24) is 5.32 Å². The summed E-state index contributed by atoms with van der Waals surface area (Å²) in [6.45, 7) is 4.27. The van der Waals surface area contributed by atoms with Crippen molar-refractivity contribution in [2.45, 2.75) is 26.3 Å². The molecule has 2 aromatic carbocycles. The number of benzene rings is 2. The maximum atomic E-state index is 6.36. The van der Waals surface area contributed by atoms with Crippen LogP contribution in [-0.4, -0.2) is 7.05 Å². The number of nitrogens with one attached hydrogen (secondary N) is 1. The molecule has 0 saturated carbocycles. The molecule has 0 spiro atoms. The number of rotatable bonds is 4. The van der Waals surface area contributed by atoms with Crippen LogP contribution in [0.4, 0.5) is 0 Å². The SMILES string of the molecule is CNC(Cc1cc(C)cc(C)c1)c1ccc(Br)cc1Cl. The van der Waals surface area contributed by atoms with Gasteiger partial charge in [-0.2, -0.15) is 0 Å². The molecule has 2 rings (SSSR count). The van der Waals surface area contributed by atoms with Crippen LogP contribution in [0.1, 0.15) is 28.3 Å². The average molecular weight is 353 g/mol. The van der Waals surface area contributed by atoms with Crippen LogP contribution < -0.4 is 5.32 Å². The third-order valence-electron chi connectivity index (χ3n) is 3.41. The van der Waals surface area contributed by atoms with Gasteiger partial charge in [-0.15, -0.1) is 0 Å². The van der Waals surface area contributed by atoms with Crippen LogP contribution in [0.15, 0.2) is 40.9 Å². The second kappa shape index (κ2) is 6.75. The van der Waals surface area contributed by atoms with Crippen LogP contribution in [0.5, 0.6) is 0 Å². The molecule has 1 unspecified atom stereocenters. The van der Waals surface area contributed by atoms with E-state index >= 15 is 0 Å². The molecule has 2 aromatic rings. The molecule has 0 heterocycles. The molecular weight excluding hydrogens is 334 g/mol. The van der Waals surface area contributed by atoms with Gasteiger partial charge in [0.15, 0.2) is 0 Å². The van der Waals surface area contributed by atoms with Gasteiger partial charge in [0.2, 0.25) is 0 Å². The highest BCUT2D eigenvalue weighted by Crippen LogP contribution is 2.28. The molecule has 0 aromatic heterocycles. The van der Waals surface area contributed by atoms with E-state index in [1.165, 1.54) is 16.7 Å². The fourth-order valence-electron chi connectivity index (χ4n) is 2.57. The average Bonchev–Trinajstić information content (AvgIpc) is 2.35. The Morgan fingerprint density at radius 2 is 1.75 bits per heavy atom. The van der Waals surface area contributed by atoms with Crippen molar-refractivity contribution in [3.63, 3.8) is 0 Å². The summed E-state index contributed by atoms with van der Waals surface area (Å²) in [5.74, 6) is 0. The lowest BCUT2D eigenvalue weighted by atomic mass is 9.96. The largest absolute Gasteiger partial charge is 0.313 e. The molecule has 0 amide bonds. The van der Waals surface area contributed by atoms with Crippen LogP contribution in [0.2, 0.25) is 5.02 Å². The zero-order valence-electron chi connectivity index (χ0n) is 12.0. The van der Waals surface area contributed by atoms with Crippen LogP contribution in [-0.2, 0) is 6.42 Å². The van der Waals surface area contributed by atoms with Gasteiger partial charge in [0.1, 0.15) is 0 Å². The topological polar surface area (TPSA) is 12.0 Å². The van der Waals surface area contributed by atoms with E-state index in [4.69, 9.17) is 11.6 Å². The van der Waals surface area contributed by atoms with Crippen molar-refractivity contribution in [2.24, 2.45) is 0 Å². The van der Waals surface area contributed by atoms with E-state index in [2.05, 4.69) is 59.4 Å². The Morgan fingerprint density at radius 1 is 1.10 bits per heavy atom. The van der Waals surface area contributed by atoms with E-state index in [1.807, 2.05) is 19.2 Å². The van der Waals surface area contributed by atoms with Gasteiger partial charge in [0.25, 0.3) is 0 Å². The molecular formula is C17H19BrClN. The molecule has 3 heteroatoms. The maximum Gasteiger partial charge on any atom is 0.0465 e. The molecule has 0 aliphatic carbocycles. The first-order valence-electron chi connectivity index (χ1n) is 6.69. The van der Waals surface area contributed by atoms with Gasteiger partial charge >= 0.3 is 0 Å². The summed E-state index contributed by atoms with van der Waals surface area (Å²) in [5, 5.41) is 4.16. The maximum absolute atomic E-state index is 6.36. The second-order valence-corrected chi connectivity index (χ2v) is 6.53. The van der Waals surface area contributed by atoms with Crippen molar-refractivity contribution >= 4 is 27.5 Å². The summed E-state index contributed by atoms with van der Waals surface area (Å²) in [4.78, 5) is 0. The monoisotopic (exact) mass is 351 g/mol. The fraction of sp³-hybridized carbons (Fsp3) is 0.294. The molecule has 0 bridgehead atoms. The fourth-order valence-corrected chi connectivity index (χ4v) is 3.38. The Kier molecular flexibility index (Phi) is 5.25. The predicted molar refractivity (Wildman–Crippen MR) is 90.6 cm³/mol. The van der Waals surface area contributed by atoms with Crippen LogP contribution in [0.3, 0.4) is 0 Å². The Bertz CT molecular complexity index is 590. The number of halogens is 2. The van der Waals surface area contributed by atoms with E-state index in [-0.39, 0.29) is 6.04 Å². The Hall–Kier alpha value is -0.830. The zero-order valence-corrected chi connectivity index (χ0v) is 14.3. The van der Waals surface area contributed by atoms with Crippen molar-refractivity contribution in [2.75, 3.05) is 7.05 Å². The minimum Gasteiger partial charge on any atom is -0.313 e. The third kappa shape index (κ3) is 3.85. The number of hydrogen-bond acceptors (Lipinski definition) is 1. The smallest absolute Gasteiger partial charge is 0.0465 e. The molecule has 0 aliphatic rings. The normalized spacial score (nSPS) is 12.4. The standard InChI is InChI=1S/C17H19BrClN/c1-11-6-12(2)8-13(7-11)9-17(20-3)15-5-4-14(18)10-16(15)19/h4-8,10,17,20H,9H2,1-3H3. The lowest BCUT2D eigenvalue weighted by Crippen LogP contribution is -2.19. The van der Waals surface area contributed by atoms with Gasteiger partial charge in [-0.3, -0.25) is 0 Å². The van der Waals surface area contributed by atoms with Gasteiger partial charge in [0, 0.05) is 15.5 Å². The van der Waals surface area contributed by atoms with Gasteiger partial charge in [-0.05, 0) is 50.6 Å². The second-order valence-electron chi connectivity index (χ2n) is 5.21. The number of likely N-dealkylation sites (N-methyl/N-ethyl adjacent to an activating group) is 1. The molecule has 1 N–H and O–H groups in total. The summed E-state index contributed by atoms with van der Waals surface area (Å²) in [5.41, 5.74) is 5.07. The van der Waals surface area contributed by atoms with Crippen LogP contribution in [0, 0.1) is 13.8 Å².